The summed E-state index contributed by atoms with van der Waals surface area (Å²) in [6.45, 7) is 2.72. The first-order valence-electron chi connectivity index (χ1n) is 6.28. The van der Waals surface area contributed by atoms with Gasteiger partial charge < -0.3 is 15.4 Å². The van der Waals surface area contributed by atoms with Crippen molar-refractivity contribution in [2.45, 2.75) is 31.1 Å². The molecule has 7 heteroatoms. The third-order valence-electron chi connectivity index (χ3n) is 3.70. The van der Waals surface area contributed by atoms with E-state index in [9.17, 15) is 14.8 Å². The Bertz CT molecular complexity index is 276. The van der Waals surface area contributed by atoms with Gasteiger partial charge in [0.25, 0.3) is 0 Å². The van der Waals surface area contributed by atoms with Crippen LogP contribution in [0.25, 0.3) is 0 Å². The summed E-state index contributed by atoms with van der Waals surface area (Å²) in [6.07, 6.45) is 3.58. The highest BCUT2D eigenvalue weighted by Gasteiger charge is 2.50. The average Bonchev–Trinajstić information content (AvgIpc) is 2.97. The summed E-state index contributed by atoms with van der Waals surface area (Å²) in [5.41, 5.74) is 1.90. The molecule has 2 aliphatic rings. The van der Waals surface area contributed by atoms with Crippen molar-refractivity contribution in [1.29, 1.82) is 0 Å². The van der Waals surface area contributed by atoms with Gasteiger partial charge in [-0.3, -0.25) is 4.79 Å². The lowest BCUT2D eigenvalue weighted by atomic mass is 9.61. The summed E-state index contributed by atoms with van der Waals surface area (Å²) in [6, 6.07) is 0. The molecule has 0 radical (unpaired) electrons. The van der Waals surface area contributed by atoms with E-state index in [1.54, 1.807) is 0 Å². The van der Waals surface area contributed by atoms with Gasteiger partial charge in [0.1, 0.15) is 5.44 Å². The number of rotatable bonds is 5. The SMILES string of the molecule is O=C(CNN1CCCC1)C1(B(O)O)CCCN1. The summed E-state index contributed by atoms with van der Waals surface area (Å²) in [5, 5.41) is 23.7. The molecule has 2 fully saturated rings. The van der Waals surface area contributed by atoms with E-state index in [1.165, 1.54) is 0 Å². The number of hydrazine groups is 1. The minimum Gasteiger partial charge on any atom is -0.426 e. The normalized spacial score (nSPS) is 29.8. The first-order chi connectivity index (χ1) is 8.15. The Hall–Kier alpha value is -0.465. The highest BCUT2D eigenvalue weighted by Crippen LogP contribution is 2.21. The molecule has 17 heavy (non-hydrogen) atoms. The van der Waals surface area contributed by atoms with Gasteiger partial charge in [0.05, 0.1) is 6.54 Å². The maximum atomic E-state index is 12.1. The van der Waals surface area contributed by atoms with Gasteiger partial charge in [-0.2, -0.15) is 0 Å². The van der Waals surface area contributed by atoms with Crippen LogP contribution in [0.5, 0.6) is 0 Å². The fourth-order valence-electron chi connectivity index (χ4n) is 2.59. The molecule has 0 aromatic heterocycles. The van der Waals surface area contributed by atoms with Gasteiger partial charge in [0.15, 0.2) is 5.78 Å². The second-order valence-corrected chi connectivity index (χ2v) is 4.83. The molecule has 0 saturated carbocycles. The van der Waals surface area contributed by atoms with Gasteiger partial charge in [-0.25, -0.2) is 10.4 Å². The zero-order chi connectivity index (χ0) is 12.3. The molecule has 2 rings (SSSR count). The number of Topliss-reactive ketones (excluding diaryl/α,β-unsaturated/α-hetero) is 1. The molecular weight excluding hydrogens is 221 g/mol. The van der Waals surface area contributed by atoms with Crippen LogP contribution in [0.4, 0.5) is 0 Å². The average molecular weight is 241 g/mol. The van der Waals surface area contributed by atoms with Crippen LogP contribution < -0.4 is 10.7 Å². The molecule has 0 bridgehead atoms. The zero-order valence-corrected chi connectivity index (χ0v) is 9.98. The molecular formula is C10H20BN3O3. The van der Waals surface area contributed by atoms with Crippen molar-refractivity contribution in [1.82, 2.24) is 15.8 Å². The number of nitrogens with one attached hydrogen (secondary N) is 2. The Morgan fingerprint density at radius 1 is 1.35 bits per heavy atom. The van der Waals surface area contributed by atoms with Gasteiger partial charge in [-0.1, -0.05) is 0 Å². The molecule has 0 aliphatic carbocycles. The van der Waals surface area contributed by atoms with E-state index < -0.39 is 12.6 Å². The van der Waals surface area contributed by atoms with E-state index in [4.69, 9.17) is 0 Å². The van der Waals surface area contributed by atoms with Crippen LogP contribution in [0.1, 0.15) is 25.7 Å². The molecule has 96 valence electrons. The number of carbonyl (C=O) groups excluding carboxylic acids is 1. The van der Waals surface area contributed by atoms with Crippen LogP contribution in [-0.2, 0) is 4.79 Å². The fraction of sp³-hybridized carbons (Fsp3) is 0.900. The minimum absolute atomic E-state index is 0.157. The molecule has 2 heterocycles. The Morgan fingerprint density at radius 3 is 2.59 bits per heavy atom. The third-order valence-corrected chi connectivity index (χ3v) is 3.70. The van der Waals surface area contributed by atoms with Crippen molar-refractivity contribution >= 4 is 12.9 Å². The van der Waals surface area contributed by atoms with Crippen LogP contribution in [0, 0.1) is 0 Å². The first-order valence-corrected chi connectivity index (χ1v) is 6.28. The monoisotopic (exact) mass is 241 g/mol. The molecule has 0 aromatic carbocycles. The number of carbonyl (C=O) groups is 1. The van der Waals surface area contributed by atoms with Gasteiger partial charge >= 0.3 is 7.12 Å². The lowest BCUT2D eigenvalue weighted by Crippen LogP contribution is -2.62. The largest absolute Gasteiger partial charge is 0.481 e. The van der Waals surface area contributed by atoms with Crippen molar-refractivity contribution in [3.63, 3.8) is 0 Å². The molecule has 1 atom stereocenters. The van der Waals surface area contributed by atoms with Gasteiger partial charge in [-0.15, -0.1) is 0 Å². The lowest BCUT2D eigenvalue weighted by molar-refractivity contribution is -0.122. The third kappa shape index (κ3) is 2.69. The Labute approximate surface area is 101 Å². The summed E-state index contributed by atoms with van der Waals surface area (Å²) < 4.78 is 0. The molecule has 0 amide bonds. The van der Waals surface area contributed by atoms with Gasteiger partial charge in [0.2, 0.25) is 0 Å². The maximum Gasteiger partial charge on any atom is 0.481 e. The molecule has 2 aliphatic heterocycles. The van der Waals surface area contributed by atoms with Crippen molar-refractivity contribution in [2.24, 2.45) is 0 Å². The molecule has 2 saturated heterocycles. The van der Waals surface area contributed by atoms with Crippen molar-refractivity contribution < 1.29 is 14.8 Å². The van der Waals surface area contributed by atoms with E-state index in [0.29, 0.717) is 13.0 Å². The number of hydrogen-bond acceptors (Lipinski definition) is 6. The van der Waals surface area contributed by atoms with Crippen LogP contribution in [0.3, 0.4) is 0 Å². The highest BCUT2D eigenvalue weighted by atomic mass is 16.4. The summed E-state index contributed by atoms with van der Waals surface area (Å²) in [5.74, 6) is -0.170. The second-order valence-electron chi connectivity index (χ2n) is 4.83. The smallest absolute Gasteiger partial charge is 0.426 e. The van der Waals surface area contributed by atoms with E-state index in [1.807, 2.05) is 5.01 Å². The van der Waals surface area contributed by atoms with Crippen LogP contribution in [0.15, 0.2) is 0 Å². The Balaban J connectivity index is 1.88. The lowest BCUT2D eigenvalue weighted by Gasteiger charge is -2.28. The Morgan fingerprint density at radius 2 is 2.06 bits per heavy atom. The number of hydrogen-bond donors (Lipinski definition) is 4. The molecule has 0 aromatic rings. The van der Waals surface area contributed by atoms with Crippen molar-refractivity contribution in [3.05, 3.63) is 0 Å². The number of ketones is 1. The minimum atomic E-state index is -1.63. The highest BCUT2D eigenvalue weighted by molar-refractivity contribution is 6.52. The second kappa shape index (κ2) is 5.45. The fourth-order valence-corrected chi connectivity index (χ4v) is 2.59. The van der Waals surface area contributed by atoms with E-state index in [0.717, 1.165) is 32.4 Å². The molecule has 6 nitrogen and oxygen atoms in total. The summed E-state index contributed by atoms with van der Waals surface area (Å²) in [4.78, 5) is 12.1. The van der Waals surface area contributed by atoms with E-state index >= 15 is 0 Å². The molecule has 4 N–H and O–H groups in total. The van der Waals surface area contributed by atoms with Crippen LogP contribution >= 0.6 is 0 Å². The van der Waals surface area contributed by atoms with Crippen molar-refractivity contribution in [2.75, 3.05) is 26.2 Å². The Kier molecular flexibility index (Phi) is 4.16. The van der Waals surface area contributed by atoms with Gasteiger partial charge in [-0.05, 0) is 32.2 Å². The molecule has 0 spiro atoms. The summed E-state index contributed by atoms with van der Waals surface area (Å²) in [7, 11) is -1.63. The predicted octanol–water partition coefficient (Wildman–Crippen LogP) is -1.71. The van der Waals surface area contributed by atoms with Gasteiger partial charge in [0, 0.05) is 13.1 Å². The van der Waals surface area contributed by atoms with E-state index in [2.05, 4.69) is 10.7 Å². The molecule has 1 unspecified atom stereocenters. The topological polar surface area (TPSA) is 84.8 Å². The quantitative estimate of drug-likeness (QED) is 0.429. The first kappa shape index (κ1) is 13.0. The standard InChI is InChI=1S/C10H20BN3O3/c15-9(8-13-14-6-1-2-7-14)10(11(16)17)4-3-5-12-10/h12-13,16-17H,1-8H2. The predicted molar refractivity (Wildman–Crippen MR) is 64.0 cm³/mol. The van der Waals surface area contributed by atoms with Crippen LogP contribution in [-0.4, -0.2) is 59.6 Å². The van der Waals surface area contributed by atoms with E-state index in [-0.39, 0.29) is 12.3 Å². The maximum absolute atomic E-state index is 12.1. The summed E-state index contributed by atoms with van der Waals surface area (Å²) >= 11 is 0. The number of nitrogens with zero attached hydrogens (tertiary/aromatic N) is 1. The van der Waals surface area contributed by atoms with Crippen molar-refractivity contribution in [3.8, 4) is 0 Å². The zero-order valence-electron chi connectivity index (χ0n) is 9.98. The van der Waals surface area contributed by atoms with Crippen LogP contribution in [0.2, 0.25) is 0 Å².